The van der Waals surface area contributed by atoms with Crippen LogP contribution in [0.25, 0.3) is 0 Å². The van der Waals surface area contributed by atoms with E-state index >= 15 is 0 Å². The summed E-state index contributed by atoms with van der Waals surface area (Å²) in [6, 6.07) is 6.82. The lowest BCUT2D eigenvalue weighted by atomic mass is 9.81. The van der Waals surface area contributed by atoms with Crippen molar-refractivity contribution < 1.29 is 9.13 Å². The molecule has 0 N–H and O–H groups in total. The third kappa shape index (κ3) is 5.28. The van der Waals surface area contributed by atoms with E-state index in [1.165, 1.54) is 44.2 Å². The zero-order chi connectivity index (χ0) is 13.6. The van der Waals surface area contributed by atoms with Gasteiger partial charge in [0.05, 0.1) is 12.2 Å². The zero-order valence-corrected chi connectivity index (χ0v) is 11.5. The van der Waals surface area contributed by atoms with Crippen molar-refractivity contribution >= 4 is 0 Å². The number of ether oxygens (including phenoxy) is 1. The second-order valence-corrected chi connectivity index (χ2v) is 5.37. The zero-order valence-electron chi connectivity index (χ0n) is 11.5. The van der Waals surface area contributed by atoms with Crippen LogP contribution in [0.5, 0.6) is 0 Å². The summed E-state index contributed by atoms with van der Waals surface area (Å²) in [6.07, 6.45) is 10.0. The Bertz CT molecular complexity index is 389. The average molecular weight is 294 g/mol. The van der Waals surface area contributed by atoms with E-state index < -0.39 is 0 Å². The highest BCUT2D eigenvalue weighted by Gasteiger charge is 2.32. The van der Waals surface area contributed by atoms with Gasteiger partial charge in [-0.3, -0.25) is 0 Å². The molecule has 2 rings (SSSR count). The Hall–Kier alpha value is -1.15. The molecule has 0 radical (unpaired) electrons. The number of hydrogen-bond donors (Lipinski definition) is 0. The predicted octanol–water partition coefficient (Wildman–Crippen LogP) is 6.24. The topological polar surface area (TPSA) is 9.23 Å². The van der Waals surface area contributed by atoms with Crippen molar-refractivity contribution in [2.45, 2.75) is 65.4 Å². The van der Waals surface area contributed by atoms with Gasteiger partial charge in [-0.25, -0.2) is 4.39 Å². The molecule has 0 aliphatic heterocycles. The molecule has 0 spiro atoms. The summed E-state index contributed by atoms with van der Waals surface area (Å²) in [7, 11) is 0. The lowest BCUT2D eigenvalue weighted by molar-refractivity contribution is -0.0555. The molecule has 120 valence electrons. The van der Waals surface area contributed by atoms with Crippen LogP contribution in [0.3, 0.4) is 0 Å². The quantitative estimate of drug-likeness (QED) is 0.597. The van der Waals surface area contributed by atoms with E-state index in [1.54, 1.807) is 6.08 Å². The largest absolute Gasteiger partial charge is 0.366 e. The highest BCUT2D eigenvalue weighted by Crippen LogP contribution is 2.38. The molecule has 1 nitrogen and oxygen atoms in total. The highest BCUT2D eigenvalue weighted by molar-refractivity contribution is 5.23. The standard InChI is InChI=1S/C17H23FO.2CH4/c1-2-14-19-17(12-6-4-3-5-7-13-17)15-8-10-16(18)11-9-15;;/h2,8-11H,1,3-7,12-14H2;2*1H4. The first-order valence-electron chi connectivity index (χ1n) is 7.28. The van der Waals surface area contributed by atoms with Gasteiger partial charge in [0.1, 0.15) is 5.82 Å². The molecule has 0 atom stereocenters. The number of halogens is 1. The maximum atomic E-state index is 13.1. The summed E-state index contributed by atoms with van der Waals surface area (Å²) in [4.78, 5) is 0. The first kappa shape index (κ1) is 19.9. The van der Waals surface area contributed by atoms with Crippen LogP contribution in [0.1, 0.15) is 65.4 Å². The van der Waals surface area contributed by atoms with Crippen molar-refractivity contribution in [1.29, 1.82) is 0 Å². The molecular weight excluding hydrogens is 263 g/mol. The Morgan fingerprint density at radius 1 is 1.00 bits per heavy atom. The number of rotatable bonds is 4. The number of hydrogen-bond acceptors (Lipinski definition) is 1. The third-order valence-electron chi connectivity index (χ3n) is 4.01. The van der Waals surface area contributed by atoms with E-state index in [0.29, 0.717) is 6.61 Å². The molecule has 1 aromatic rings. The fourth-order valence-electron chi connectivity index (χ4n) is 2.96. The molecule has 0 bridgehead atoms. The van der Waals surface area contributed by atoms with Crippen LogP contribution in [0.15, 0.2) is 36.9 Å². The van der Waals surface area contributed by atoms with Gasteiger partial charge in [0.15, 0.2) is 0 Å². The van der Waals surface area contributed by atoms with Gasteiger partial charge >= 0.3 is 0 Å². The monoisotopic (exact) mass is 294 g/mol. The van der Waals surface area contributed by atoms with E-state index in [0.717, 1.165) is 18.4 Å². The maximum absolute atomic E-state index is 13.1. The minimum Gasteiger partial charge on any atom is -0.366 e. The third-order valence-corrected chi connectivity index (χ3v) is 4.01. The van der Waals surface area contributed by atoms with Crippen molar-refractivity contribution in [1.82, 2.24) is 0 Å². The predicted molar refractivity (Wildman–Crippen MR) is 90.0 cm³/mol. The van der Waals surface area contributed by atoms with Gasteiger partial charge in [-0.1, -0.05) is 65.2 Å². The Labute approximate surface area is 130 Å². The summed E-state index contributed by atoms with van der Waals surface area (Å²) < 4.78 is 19.3. The molecule has 0 saturated heterocycles. The van der Waals surface area contributed by atoms with Crippen LogP contribution in [-0.2, 0) is 10.3 Å². The second-order valence-electron chi connectivity index (χ2n) is 5.37. The fourth-order valence-corrected chi connectivity index (χ4v) is 2.96. The second kappa shape index (κ2) is 9.73. The van der Waals surface area contributed by atoms with Crippen LogP contribution in [-0.4, -0.2) is 6.61 Å². The highest BCUT2D eigenvalue weighted by atomic mass is 19.1. The lowest BCUT2D eigenvalue weighted by Gasteiger charge is -2.36. The first-order valence-corrected chi connectivity index (χ1v) is 7.28. The molecular formula is C19H31FO. The van der Waals surface area contributed by atoms with Crippen molar-refractivity contribution in [3.8, 4) is 0 Å². The molecule has 21 heavy (non-hydrogen) atoms. The minimum atomic E-state index is -0.248. The lowest BCUT2D eigenvalue weighted by Crippen LogP contribution is -2.31. The minimum absolute atomic E-state index is 0. The summed E-state index contributed by atoms with van der Waals surface area (Å²) in [6.45, 7) is 4.29. The van der Waals surface area contributed by atoms with Crippen LogP contribution in [0.2, 0.25) is 0 Å². The van der Waals surface area contributed by atoms with Gasteiger partial charge < -0.3 is 4.74 Å². The van der Waals surface area contributed by atoms with E-state index in [2.05, 4.69) is 6.58 Å². The summed E-state index contributed by atoms with van der Waals surface area (Å²) in [5.74, 6) is -0.187. The molecule has 0 unspecified atom stereocenters. The molecule has 0 amide bonds. The smallest absolute Gasteiger partial charge is 0.123 e. The van der Waals surface area contributed by atoms with Crippen LogP contribution >= 0.6 is 0 Å². The first-order chi connectivity index (χ1) is 9.27. The SMILES string of the molecule is C.C.C=CCOC1(c2ccc(F)cc2)CCCCCCC1. The van der Waals surface area contributed by atoms with E-state index in [1.807, 2.05) is 12.1 Å². The molecule has 1 saturated carbocycles. The van der Waals surface area contributed by atoms with Gasteiger partial charge in [0.2, 0.25) is 0 Å². The van der Waals surface area contributed by atoms with Crippen LogP contribution < -0.4 is 0 Å². The van der Waals surface area contributed by atoms with Crippen molar-refractivity contribution in [2.24, 2.45) is 0 Å². The van der Waals surface area contributed by atoms with E-state index in [9.17, 15) is 4.39 Å². The molecule has 1 aliphatic rings. The molecule has 0 aromatic heterocycles. The van der Waals surface area contributed by atoms with Crippen molar-refractivity contribution in [3.05, 3.63) is 48.3 Å². The summed E-state index contributed by atoms with van der Waals surface area (Å²) in [5, 5.41) is 0. The van der Waals surface area contributed by atoms with Gasteiger partial charge in [-0.2, -0.15) is 0 Å². The normalized spacial score (nSPS) is 17.6. The number of benzene rings is 1. The Balaban J connectivity index is 0.00000200. The van der Waals surface area contributed by atoms with Gasteiger partial charge in [0, 0.05) is 0 Å². The average Bonchev–Trinajstić information content (AvgIpc) is 2.39. The van der Waals surface area contributed by atoms with Gasteiger partial charge in [-0.15, -0.1) is 6.58 Å². The van der Waals surface area contributed by atoms with E-state index in [-0.39, 0.29) is 26.3 Å². The Morgan fingerprint density at radius 3 is 2.05 bits per heavy atom. The molecule has 1 aromatic carbocycles. The summed E-state index contributed by atoms with van der Waals surface area (Å²) in [5.41, 5.74) is 0.861. The maximum Gasteiger partial charge on any atom is 0.123 e. The Kier molecular flexibility index (Phi) is 9.19. The fraction of sp³-hybridized carbons (Fsp3) is 0.579. The molecule has 1 fully saturated rings. The molecule has 1 aliphatic carbocycles. The summed E-state index contributed by atoms with van der Waals surface area (Å²) >= 11 is 0. The van der Waals surface area contributed by atoms with Crippen LogP contribution in [0, 0.1) is 5.82 Å². The Morgan fingerprint density at radius 2 is 1.52 bits per heavy atom. The van der Waals surface area contributed by atoms with Gasteiger partial charge in [-0.05, 0) is 30.5 Å². The van der Waals surface area contributed by atoms with Crippen LogP contribution in [0.4, 0.5) is 4.39 Å². The van der Waals surface area contributed by atoms with Crippen molar-refractivity contribution in [3.63, 3.8) is 0 Å². The molecule has 0 heterocycles. The van der Waals surface area contributed by atoms with Crippen molar-refractivity contribution in [2.75, 3.05) is 6.61 Å². The molecule has 2 heteroatoms. The van der Waals surface area contributed by atoms with Gasteiger partial charge in [0.25, 0.3) is 0 Å². The van der Waals surface area contributed by atoms with E-state index in [4.69, 9.17) is 4.74 Å².